The highest BCUT2D eigenvalue weighted by molar-refractivity contribution is 6.07. The second kappa shape index (κ2) is 7.93. The lowest BCUT2D eigenvalue weighted by Gasteiger charge is -2.07. The molecule has 2 N–H and O–H groups in total. The van der Waals surface area contributed by atoms with E-state index in [4.69, 9.17) is 0 Å². The number of carbonyl (C=O) groups is 2. The first kappa shape index (κ1) is 17.8. The van der Waals surface area contributed by atoms with E-state index in [2.05, 4.69) is 15.6 Å². The number of Topliss-reactive ketones (excluding diaryl/α,β-unsaturated/α-hetero) is 1. The van der Waals surface area contributed by atoms with Crippen LogP contribution in [0.5, 0.6) is 0 Å². The summed E-state index contributed by atoms with van der Waals surface area (Å²) in [5, 5.41) is 15.9. The molecule has 3 aromatic rings. The molecule has 0 aliphatic heterocycles. The number of nitrogens with one attached hydrogen (secondary N) is 2. The maximum Gasteiger partial charge on any atom is 0.267 e. The lowest BCUT2D eigenvalue weighted by Crippen LogP contribution is -2.14. The third-order valence-electron chi connectivity index (χ3n) is 3.92. The van der Waals surface area contributed by atoms with Gasteiger partial charge in [0.25, 0.3) is 5.91 Å². The van der Waals surface area contributed by atoms with Gasteiger partial charge in [-0.2, -0.15) is 5.26 Å². The molecule has 3 rings (SSSR count). The molecule has 132 valence electrons. The van der Waals surface area contributed by atoms with Crippen molar-refractivity contribution >= 4 is 34.0 Å². The smallest absolute Gasteiger partial charge is 0.267 e. The van der Waals surface area contributed by atoms with Crippen molar-refractivity contribution < 1.29 is 9.59 Å². The molecule has 0 radical (unpaired) electrons. The van der Waals surface area contributed by atoms with Crippen LogP contribution in [-0.2, 0) is 4.79 Å². The van der Waals surface area contributed by atoms with Crippen LogP contribution in [0.15, 0.2) is 72.6 Å². The monoisotopic (exact) mass is 356 g/mol. The fourth-order valence-electron chi connectivity index (χ4n) is 2.51. The standard InChI is InChI=1S/C21H16N4O2/c1-14(26)15-7-9-18(10-8-15)25-21(27)17(12-22)13-24-19-6-2-4-16-5-3-11-23-20(16)19/h2-11,13,24H,1H3,(H,25,27)/b17-13-. The van der Waals surface area contributed by atoms with E-state index in [1.807, 2.05) is 36.4 Å². The molecule has 0 aliphatic carbocycles. The summed E-state index contributed by atoms with van der Waals surface area (Å²) in [6.45, 7) is 1.47. The topological polar surface area (TPSA) is 94.9 Å². The molecule has 0 spiro atoms. The summed E-state index contributed by atoms with van der Waals surface area (Å²) >= 11 is 0. The number of hydrogen-bond acceptors (Lipinski definition) is 5. The van der Waals surface area contributed by atoms with E-state index in [1.54, 1.807) is 30.5 Å². The highest BCUT2D eigenvalue weighted by Gasteiger charge is 2.10. The van der Waals surface area contributed by atoms with E-state index in [1.165, 1.54) is 13.1 Å². The zero-order valence-corrected chi connectivity index (χ0v) is 14.6. The summed E-state index contributed by atoms with van der Waals surface area (Å²) in [6, 6.07) is 17.7. The van der Waals surface area contributed by atoms with E-state index in [0.717, 1.165) is 10.9 Å². The Morgan fingerprint density at radius 3 is 2.52 bits per heavy atom. The average molecular weight is 356 g/mol. The molecule has 1 amide bonds. The Morgan fingerprint density at radius 1 is 1.07 bits per heavy atom. The summed E-state index contributed by atoms with van der Waals surface area (Å²) in [6.07, 6.45) is 3.03. The van der Waals surface area contributed by atoms with Crippen LogP contribution in [0.1, 0.15) is 17.3 Å². The van der Waals surface area contributed by atoms with Crippen molar-refractivity contribution in [2.45, 2.75) is 6.92 Å². The number of anilines is 2. The van der Waals surface area contributed by atoms with Crippen molar-refractivity contribution in [2.75, 3.05) is 10.6 Å². The van der Waals surface area contributed by atoms with Gasteiger partial charge in [-0.3, -0.25) is 14.6 Å². The van der Waals surface area contributed by atoms with Gasteiger partial charge in [-0.1, -0.05) is 18.2 Å². The predicted octanol–water partition coefficient (Wildman–Crippen LogP) is 3.90. The second-order valence-electron chi connectivity index (χ2n) is 5.78. The number of carbonyl (C=O) groups excluding carboxylic acids is 2. The number of rotatable bonds is 5. The van der Waals surface area contributed by atoms with Crippen molar-refractivity contribution in [1.82, 2.24) is 4.98 Å². The van der Waals surface area contributed by atoms with Gasteiger partial charge in [0.05, 0.1) is 11.2 Å². The van der Waals surface area contributed by atoms with Crippen LogP contribution in [0.25, 0.3) is 10.9 Å². The third kappa shape index (κ3) is 4.17. The van der Waals surface area contributed by atoms with Crippen molar-refractivity contribution in [3.63, 3.8) is 0 Å². The second-order valence-corrected chi connectivity index (χ2v) is 5.78. The quantitative estimate of drug-likeness (QED) is 0.411. The molecule has 0 bridgehead atoms. The van der Waals surface area contributed by atoms with Crippen molar-refractivity contribution in [3.8, 4) is 6.07 Å². The van der Waals surface area contributed by atoms with E-state index >= 15 is 0 Å². The van der Waals surface area contributed by atoms with Gasteiger partial charge in [0.2, 0.25) is 0 Å². The van der Waals surface area contributed by atoms with Gasteiger partial charge >= 0.3 is 0 Å². The molecule has 0 unspecified atom stereocenters. The third-order valence-corrected chi connectivity index (χ3v) is 3.92. The Morgan fingerprint density at radius 2 is 1.81 bits per heavy atom. The van der Waals surface area contributed by atoms with Crippen LogP contribution in [0.2, 0.25) is 0 Å². The van der Waals surface area contributed by atoms with Crippen molar-refractivity contribution in [2.24, 2.45) is 0 Å². The molecular formula is C21H16N4O2. The van der Waals surface area contributed by atoms with Crippen molar-refractivity contribution in [3.05, 3.63) is 78.1 Å². The van der Waals surface area contributed by atoms with Crippen molar-refractivity contribution in [1.29, 1.82) is 5.26 Å². The maximum absolute atomic E-state index is 12.3. The molecule has 0 saturated carbocycles. The number of nitriles is 1. The lowest BCUT2D eigenvalue weighted by atomic mass is 10.1. The molecule has 0 fully saturated rings. The number of aromatic nitrogens is 1. The summed E-state index contributed by atoms with van der Waals surface area (Å²) in [4.78, 5) is 27.9. The number of ketones is 1. The SMILES string of the molecule is CC(=O)c1ccc(NC(=O)/C(C#N)=C\Nc2cccc3cccnc23)cc1. The van der Waals surface area contributed by atoms with Gasteiger partial charge in [-0.05, 0) is 43.3 Å². The predicted molar refractivity (Wildman–Crippen MR) is 104 cm³/mol. The number of benzene rings is 2. The number of para-hydroxylation sites is 1. The highest BCUT2D eigenvalue weighted by atomic mass is 16.1. The molecule has 0 aliphatic rings. The summed E-state index contributed by atoms with van der Waals surface area (Å²) in [7, 11) is 0. The van der Waals surface area contributed by atoms with Crippen LogP contribution >= 0.6 is 0 Å². The fraction of sp³-hybridized carbons (Fsp3) is 0.0476. The molecule has 6 heteroatoms. The minimum atomic E-state index is -0.547. The lowest BCUT2D eigenvalue weighted by molar-refractivity contribution is -0.112. The number of hydrogen-bond donors (Lipinski definition) is 2. The molecule has 0 atom stereocenters. The highest BCUT2D eigenvalue weighted by Crippen LogP contribution is 2.21. The molecule has 27 heavy (non-hydrogen) atoms. The van der Waals surface area contributed by atoms with Gasteiger partial charge in [0, 0.05) is 29.0 Å². The maximum atomic E-state index is 12.3. The largest absolute Gasteiger partial charge is 0.358 e. The van der Waals surface area contributed by atoms with Gasteiger partial charge in [0.15, 0.2) is 5.78 Å². The first-order valence-corrected chi connectivity index (χ1v) is 8.21. The molecule has 2 aromatic carbocycles. The van der Waals surface area contributed by atoms with E-state index in [0.29, 0.717) is 16.9 Å². The zero-order chi connectivity index (χ0) is 19.2. The first-order chi connectivity index (χ1) is 13.1. The van der Waals surface area contributed by atoms with Crippen LogP contribution in [0.3, 0.4) is 0 Å². The Labute approximate surface area is 156 Å². The zero-order valence-electron chi connectivity index (χ0n) is 14.6. The summed E-state index contributed by atoms with van der Waals surface area (Å²) in [5.41, 5.74) is 2.40. The van der Waals surface area contributed by atoms with Gasteiger partial charge in [0.1, 0.15) is 11.6 Å². The summed E-state index contributed by atoms with van der Waals surface area (Å²) in [5.74, 6) is -0.604. The molecule has 1 aromatic heterocycles. The van der Waals surface area contributed by atoms with Crippen LogP contribution in [0.4, 0.5) is 11.4 Å². The Hall–Kier alpha value is -3.98. The Bertz CT molecular complexity index is 1070. The van der Waals surface area contributed by atoms with Crippen LogP contribution in [0, 0.1) is 11.3 Å². The van der Waals surface area contributed by atoms with E-state index < -0.39 is 5.91 Å². The number of amides is 1. The molecular weight excluding hydrogens is 340 g/mol. The fourth-order valence-corrected chi connectivity index (χ4v) is 2.51. The van der Waals surface area contributed by atoms with Gasteiger partial charge in [-0.15, -0.1) is 0 Å². The minimum Gasteiger partial charge on any atom is -0.358 e. The van der Waals surface area contributed by atoms with Crippen LogP contribution in [-0.4, -0.2) is 16.7 Å². The Kier molecular flexibility index (Phi) is 5.24. The number of nitrogens with zero attached hydrogens (tertiary/aromatic N) is 2. The normalized spacial score (nSPS) is 10.9. The van der Waals surface area contributed by atoms with Gasteiger partial charge < -0.3 is 10.6 Å². The average Bonchev–Trinajstić information content (AvgIpc) is 2.69. The van der Waals surface area contributed by atoms with E-state index in [-0.39, 0.29) is 11.4 Å². The molecule has 0 saturated heterocycles. The minimum absolute atomic E-state index is 0.0571. The molecule has 1 heterocycles. The number of pyridine rings is 1. The van der Waals surface area contributed by atoms with E-state index in [9.17, 15) is 14.9 Å². The summed E-state index contributed by atoms with van der Waals surface area (Å²) < 4.78 is 0. The van der Waals surface area contributed by atoms with Crippen LogP contribution < -0.4 is 10.6 Å². The van der Waals surface area contributed by atoms with Gasteiger partial charge in [-0.25, -0.2) is 0 Å². The first-order valence-electron chi connectivity index (χ1n) is 8.21. The number of fused-ring (bicyclic) bond motifs is 1. The molecule has 6 nitrogen and oxygen atoms in total. The Balaban J connectivity index is 1.76.